The van der Waals surface area contributed by atoms with Crippen LogP contribution in [0.2, 0.25) is 0 Å². The van der Waals surface area contributed by atoms with Crippen LogP contribution < -0.4 is 5.32 Å². The number of carbonyl (C=O) groups excluding carboxylic acids is 1. The first kappa shape index (κ1) is 11.7. The third kappa shape index (κ3) is 2.57. The highest BCUT2D eigenvalue weighted by molar-refractivity contribution is 9.10. The molecule has 0 bridgehead atoms. The molecule has 1 amide bonds. The summed E-state index contributed by atoms with van der Waals surface area (Å²) < 4.78 is 1.80. The van der Waals surface area contributed by atoms with E-state index in [9.17, 15) is 4.79 Å². The van der Waals surface area contributed by atoms with Gasteiger partial charge >= 0.3 is 0 Å². The van der Waals surface area contributed by atoms with Gasteiger partial charge < -0.3 is 5.32 Å². The van der Waals surface area contributed by atoms with Crippen LogP contribution in [0.15, 0.2) is 4.60 Å². The second-order valence-electron chi connectivity index (χ2n) is 2.95. The van der Waals surface area contributed by atoms with Crippen LogP contribution in [0.25, 0.3) is 0 Å². The fourth-order valence-corrected chi connectivity index (χ4v) is 1.57. The van der Waals surface area contributed by atoms with Crippen LogP contribution in [0.1, 0.15) is 23.8 Å². The number of amides is 1. The van der Waals surface area contributed by atoms with Gasteiger partial charge in [-0.05, 0) is 22.4 Å². The van der Waals surface area contributed by atoms with Gasteiger partial charge in [-0.1, -0.05) is 18.1 Å². The number of rotatable bonds is 3. The fraction of sp³-hybridized carbons (Fsp3) is 0.444. The normalized spacial score (nSPS) is 11.9. The molecule has 0 spiro atoms. The van der Waals surface area contributed by atoms with Gasteiger partial charge in [-0.3, -0.25) is 4.79 Å². The molecule has 1 atom stereocenters. The van der Waals surface area contributed by atoms with Crippen LogP contribution >= 0.6 is 15.9 Å². The maximum absolute atomic E-state index is 11.7. The first-order valence-corrected chi connectivity index (χ1v) is 5.21. The molecule has 0 radical (unpaired) electrons. The SMILES string of the molecule is C#CC(CC)NC(=O)c1c(Br)nnn1C. The quantitative estimate of drug-likeness (QED) is 0.824. The zero-order chi connectivity index (χ0) is 11.4. The van der Waals surface area contributed by atoms with Gasteiger partial charge in [0, 0.05) is 7.05 Å². The Morgan fingerprint density at radius 3 is 2.87 bits per heavy atom. The van der Waals surface area contributed by atoms with Gasteiger partial charge in [0.25, 0.3) is 5.91 Å². The van der Waals surface area contributed by atoms with E-state index in [2.05, 4.69) is 37.5 Å². The van der Waals surface area contributed by atoms with Gasteiger partial charge in [0.05, 0.1) is 6.04 Å². The average molecular weight is 271 g/mol. The maximum atomic E-state index is 11.7. The minimum absolute atomic E-state index is 0.265. The smallest absolute Gasteiger partial charge is 0.273 e. The number of carbonyl (C=O) groups is 1. The van der Waals surface area contributed by atoms with E-state index >= 15 is 0 Å². The number of terminal acetylenes is 1. The first-order valence-electron chi connectivity index (χ1n) is 4.42. The van der Waals surface area contributed by atoms with Crippen molar-refractivity contribution in [3.63, 3.8) is 0 Å². The van der Waals surface area contributed by atoms with Crippen LogP contribution in [0, 0.1) is 12.3 Å². The summed E-state index contributed by atoms with van der Waals surface area (Å²) in [5.74, 6) is 2.21. The second-order valence-corrected chi connectivity index (χ2v) is 3.70. The van der Waals surface area contributed by atoms with Crippen LogP contribution in [-0.4, -0.2) is 26.9 Å². The molecule has 5 nitrogen and oxygen atoms in total. The number of aryl methyl sites for hydroxylation is 1. The topological polar surface area (TPSA) is 59.8 Å². The van der Waals surface area contributed by atoms with Gasteiger partial charge in [0.15, 0.2) is 10.3 Å². The lowest BCUT2D eigenvalue weighted by Crippen LogP contribution is -2.34. The number of hydrogen-bond acceptors (Lipinski definition) is 3. The van der Waals surface area contributed by atoms with Crippen molar-refractivity contribution in [1.82, 2.24) is 20.3 Å². The minimum atomic E-state index is -0.279. The molecule has 1 unspecified atom stereocenters. The van der Waals surface area contributed by atoms with E-state index in [1.54, 1.807) is 7.05 Å². The summed E-state index contributed by atoms with van der Waals surface area (Å²) in [6.07, 6.45) is 5.93. The molecule has 1 rings (SSSR count). The number of nitrogens with one attached hydrogen (secondary N) is 1. The van der Waals surface area contributed by atoms with Crippen LogP contribution in [0.5, 0.6) is 0 Å². The standard InChI is InChI=1S/C9H11BrN4O/c1-4-6(5-2)11-9(15)7-8(10)12-13-14(7)3/h1,6H,5H2,2-3H3,(H,11,15). The molecule has 6 heteroatoms. The molecule has 1 aromatic rings. The Labute approximate surface area is 96.4 Å². The highest BCUT2D eigenvalue weighted by Gasteiger charge is 2.18. The molecule has 0 aliphatic rings. The van der Waals surface area contributed by atoms with E-state index in [0.29, 0.717) is 16.7 Å². The van der Waals surface area contributed by atoms with E-state index in [1.807, 2.05) is 6.92 Å². The number of nitrogens with zero attached hydrogens (tertiary/aromatic N) is 3. The monoisotopic (exact) mass is 270 g/mol. The Morgan fingerprint density at radius 1 is 1.80 bits per heavy atom. The number of aromatic nitrogens is 3. The van der Waals surface area contributed by atoms with Crippen molar-refractivity contribution in [3.05, 3.63) is 10.3 Å². The van der Waals surface area contributed by atoms with Crippen molar-refractivity contribution in [2.75, 3.05) is 0 Å². The summed E-state index contributed by atoms with van der Waals surface area (Å²) in [6.45, 7) is 1.90. The van der Waals surface area contributed by atoms with Gasteiger partial charge in [-0.15, -0.1) is 11.5 Å². The molecule has 80 valence electrons. The Hall–Kier alpha value is -1.35. The minimum Gasteiger partial charge on any atom is -0.337 e. The number of hydrogen-bond donors (Lipinski definition) is 1. The van der Waals surface area contributed by atoms with E-state index in [1.165, 1.54) is 4.68 Å². The lowest BCUT2D eigenvalue weighted by Gasteiger charge is -2.10. The first-order chi connectivity index (χ1) is 7.10. The highest BCUT2D eigenvalue weighted by atomic mass is 79.9. The predicted molar refractivity (Wildman–Crippen MR) is 59.1 cm³/mol. The maximum Gasteiger partial charge on any atom is 0.273 e. The van der Waals surface area contributed by atoms with Gasteiger partial charge in [-0.2, -0.15) is 0 Å². The van der Waals surface area contributed by atoms with Crippen molar-refractivity contribution in [2.24, 2.45) is 7.05 Å². The van der Waals surface area contributed by atoms with E-state index in [-0.39, 0.29) is 11.9 Å². The van der Waals surface area contributed by atoms with Gasteiger partial charge in [0.1, 0.15) is 0 Å². The zero-order valence-corrected chi connectivity index (χ0v) is 10.1. The van der Waals surface area contributed by atoms with E-state index in [0.717, 1.165) is 0 Å². The molecule has 0 saturated carbocycles. The zero-order valence-electron chi connectivity index (χ0n) is 8.49. The lowest BCUT2D eigenvalue weighted by atomic mass is 10.2. The molecule has 0 aliphatic carbocycles. The van der Waals surface area contributed by atoms with E-state index < -0.39 is 0 Å². The number of halogens is 1. The summed E-state index contributed by atoms with van der Waals surface area (Å²) in [5.41, 5.74) is 0.365. The van der Waals surface area contributed by atoms with Crippen molar-refractivity contribution in [2.45, 2.75) is 19.4 Å². The molecular weight excluding hydrogens is 260 g/mol. The van der Waals surface area contributed by atoms with E-state index in [4.69, 9.17) is 6.42 Å². The Balaban J connectivity index is 2.83. The Bertz CT molecular complexity index is 387. The van der Waals surface area contributed by atoms with Crippen LogP contribution in [0.4, 0.5) is 0 Å². The molecule has 1 heterocycles. The summed E-state index contributed by atoms with van der Waals surface area (Å²) in [6, 6.07) is -0.265. The molecule has 1 aromatic heterocycles. The average Bonchev–Trinajstić information content (AvgIpc) is 2.55. The highest BCUT2D eigenvalue weighted by Crippen LogP contribution is 2.11. The summed E-state index contributed by atoms with van der Waals surface area (Å²) in [4.78, 5) is 11.7. The van der Waals surface area contributed by atoms with Crippen molar-refractivity contribution in [3.8, 4) is 12.3 Å². The van der Waals surface area contributed by atoms with Crippen LogP contribution in [-0.2, 0) is 7.05 Å². The van der Waals surface area contributed by atoms with Crippen molar-refractivity contribution >= 4 is 21.8 Å². The van der Waals surface area contributed by atoms with Crippen LogP contribution in [0.3, 0.4) is 0 Å². The molecule has 0 aliphatic heterocycles. The summed E-state index contributed by atoms with van der Waals surface area (Å²) in [5, 5.41) is 10.1. The third-order valence-corrected chi connectivity index (χ3v) is 2.45. The molecule has 1 N–H and O–H groups in total. The van der Waals surface area contributed by atoms with Gasteiger partial charge in [-0.25, -0.2) is 4.68 Å². The van der Waals surface area contributed by atoms with Gasteiger partial charge in [0.2, 0.25) is 0 Å². The summed E-state index contributed by atoms with van der Waals surface area (Å²) >= 11 is 3.14. The molecule has 15 heavy (non-hydrogen) atoms. The Morgan fingerprint density at radius 2 is 2.47 bits per heavy atom. The lowest BCUT2D eigenvalue weighted by molar-refractivity contribution is 0.0934. The summed E-state index contributed by atoms with van der Waals surface area (Å²) in [7, 11) is 1.64. The van der Waals surface area contributed by atoms with Crippen molar-refractivity contribution in [1.29, 1.82) is 0 Å². The molecule has 0 fully saturated rings. The molecular formula is C9H11BrN4O. The third-order valence-electron chi connectivity index (χ3n) is 1.92. The Kier molecular flexibility index (Phi) is 3.86. The van der Waals surface area contributed by atoms with Crippen molar-refractivity contribution < 1.29 is 4.79 Å². The molecule has 0 saturated heterocycles. The largest absolute Gasteiger partial charge is 0.337 e. The second kappa shape index (κ2) is 4.94. The molecule has 0 aromatic carbocycles. The fourth-order valence-electron chi connectivity index (χ4n) is 1.06. The predicted octanol–water partition coefficient (Wildman–Crippen LogP) is 0.719.